The van der Waals surface area contributed by atoms with Gasteiger partial charge in [0.25, 0.3) is 5.56 Å². The minimum Gasteiger partial charge on any atom is -0.466 e. The van der Waals surface area contributed by atoms with Crippen molar-refractivity contribution < 1.29 is 23.9 Å². The first-order valence-electron chi connectivity index (χ1n) is 14.4. The second-order valence-electron chi connectivity index (χ2n) is 11.1. The molecule has 0 radical (unpaired) electrons. The summed E-state index contributed by atoms with van der Waals surface area (Å²) in [6.07, 6.45) is 0.844. The highest BCUT2D eigenvalue weighted by atomic mass is 16.6. The van der Waals surface area contributed by atoms with Crippen LogP contribution in [0.4, 0.5) is 4.79 Å². The number of hydrogen-bond donors (Lipinski definition) is 2. The number of benzene rings is 2. The third-order valence-corrected chi connectivity index (χ3v) is 5.77. The van der Waals surface area contributed by atoms with Crippen LogP contribution in [0.1, 0.15) is 62.1 Å². The molecule has 232 valence electrons. The minimum absolute atomic E-state index is 0.0112. The molecule has 0 unspecified atom stereocenters. The summed E-state index contributed by atoms with van der Waals surface area (Å²) in [6, 6.07) is 18.6. The van der Waals surface area contributed by atoms with E-state index in [-0.39, 0.29) is 23.9 Å². The summed E-state index contributed by atoms with van der Waals surface area (Å²) in [5, 5.41) is 9.70. The van der Waals surface area contributed by atoms with Gasteiger partial charge in [-0.2, -0.15) is 5.10 Å². The summed E-state index contributed by atoms with van der Waals surface area (Å²) in [5.41, 5.74) is 4.10. The third-order valence-electron chi connectivity index (χ3n) is 5.77. The zero-order valence-electron chi connectivity index (χ0n) is 26.1. The molecule has 0 atom stereocenters. The fraction of sp³-hybridized carbons (Fsp3) is 0.424. The average molecular weight is 593 g/mol. The van der Waals surface area contributed by atoms with Crippen LogP contribution in [0.25, 0.3) is 0 Å². The highest BCUT2D eigenvalue weighted by molar-refractivity contribution is 5.78. The molecular formula is C33H44N4O6. The van der Waals surface area contributed by atoms with Crippen LogP contribution >= 0.6 is 0 Å². The Hall–Kier alpha value is -4.47. The van der Waals surface area contributed by atoms with Gasteiger partial charge >= 0.3 is 12.1 Å². The highest BCUT2D eigenvalue weighted by Gasteiger charge is 2.15. The van der Waals surface area contributed by atoms with Gasteiger partial charge in [0.05, 0.1) is 31.7 Å². The van der Waals surface area contributed by atoms with Gasteiger partial charge in [0, 0.05) is 19.2 Å². The van der Waals surface area contributed by atoms with E-state index in [1.54, 1.807) is 13.0 Å². The molecule has 3 rings (SSSR count). The molecule has 1 aromatic heterocycles. The molecule has 0 aliphatic rings. The first kappa shape index (κ1) is 34.7. The summed E-state index contributed by atoms with van der Waals surface area (Å²) in [6.45, 7) is 12.8. The molecule has 2 aromatic carbocycles. The van der Waals surface area contributed by atoms with E-state index in [1.165, 1.54) is 10.7 Å². The maximum Gasteiger partial charge on any atom is 0.407 e. The maximum absolute atomic E-state index is 11.8. The van der Waals surface area contributed by atoms with Crippen molar-refractivity contribution in [3.8, 4) is 0 Å². The van der Waals surface area contributed by atoms with Crippen molar-refractivity contribution in [1.29, 1.82) is 0 Å². The summed E-state index contributed by atoms with van der Waals surface area (Å²) in [4.78, 5) is 46.4. The number of carbonyl (C=O) groups is 3. The Morgan fingerprint density at radius 1 is 0.860 bits per heavy atom. The third kappa shape index (κ3) is 14.8. The molecule has 0 aliphatic carbocycles. The van der Waals surface area contributed by atoms with Crippen molar-refractivity contribution in [3.05, 3.63) is 99.0 Å². The molecule has 10 nitrogen and oxygen atoms in total. The lowest BCUT2D eigenvalue weighted by Crippen LogP contribution is -2.34. The number of rotatable bonds is 11. The Bertz CT molecular complexity index is 1410. The molecular weight excluding hydrogens is 548 g/mol. The average Bonchev–Trinajstić information content (AvgIpc) is 2.90. The summed E-state index contributed by atoms with van der Waals surface area (Å²) in [5.74, 6) is -0.261. The van der Waals surface area contributed by atoms with Crippen LogP contribution in [0, 0.1) is 13.8 Å². The van der Waals surface area contributed by atoms with Crippen LogP contribution in [-0.4, -0.2) is 53.0 Å². The molecule has 1 heterocycles. The number of nitrogens with zero attached hydrogens (tertiary/aromatic N) is 2. The molecule has 0 fully saturated rings. The molecule has 2 amide bonds. The number of aryl methyl sites for hydroxylation is 2. The first-order chi connectivity index (χ1) is 20.3. The molecule has 10 heteroatoms. The molecule has 0 saturated carbocycles. The molecule has 2 N–H and O–H groups in total. The predicted octanol–water partition coefficient (Wildman–Crippen LogP) is 4.27. The number of amides is 2. The van der Waals surface area contributed by atoms with E-state index in [0.29, 0.717) is 39.1 Å². The van der Waals surface area contributed by atoms with Gasteiger partial charge in [-0.1, -0.05) is 54.1 Å². The zero-order valence-corrected chi connectivity index (χ0v) is 26.1. The van der Waals surface area contributed by atoms with Crippen molar-refractivity contribution in [1.82, 2.24) is 20.4 Å². The van der Waals surface area contributed by atoms with E-state index in [0.717, 1.165) is 27.9 Å². The summed E-state index contributed by atoms with van der Waals surface area (Å²) >= 11 is 0. The Morgan fingerprint density at radius 3 is 2.19 bits per heavy atom. The van der Waals surface area contributed by atoms with E-state index in [4.69, 9.17) is 9.47 Å². The smallest absolute Gasteiger partial charge is 0.407 e. The monoisotopic (exact) mass is 592 g/mol. The first-order valence-corrected chi connectivity index (χ1v) is 14.4. The van der Waals surface area contributed by atoms with Crippen LogP contribution < -0.4 is 16.2 Å². The van der Waals surface area contributed by atoms with Crippen LogP contribution in [0.5, 0.6) is 0 Å². The molecule has 3 aromatic rings. The number of nitrogens with one attached hydrogen (secondary N) is 2. The van der Waals surface area contributed by atoms with Crippen molar-refractivity contribution in [2.45, 2.75) is 73.0 Å². The maximum atomic E-state index is 11.8. The zero-order chi connectivity index (χ0) is 31.8. The Morgan fingerprint density at radius 2 is 1.51 bits per heavy atom. The van der Waals surface area contributed by atoms with Gasteiger partial charge in [0.2, 0.25) is 5.91 Å². The Kier molecular flexibility index (Phi) is 14.1. The van der Waals surface area contributed by atoms with Gasteiger partial charge in [-0.15, -0.1) is 0 Å². The lowest BCUT2D eigenvalue weighted by atomic mass is 10.1. The Balaban J connectivity index is 0.000000300. The largest absolute Gasteiger partial charge is 0.466 e. The van der Waals surface area contributed by atoms with E-state index in [9.17, 15) is 19.2 Å². The van der Waals surface area contributed by atoms with Crippen molar-refractivity contribution >= 4 is 18.0 Å². The minimum atomic E-state index is -0.494. The van der Waals surface area contributed by atoms with Crippen LogP contribution in [0.3, 0.4) is 0 Å². The lowest BCUT2D eigenvalue weighted by molar-refractivity contribution is -0.142. The number of aromatic nitrogens is 2. The summed E-state index contributed by atoms with van der Waals surface area (Å²) in [7, 11) is 0. The van der Waals surface area contributed by atoms with Crippen LogP contribution in [-0.2, 0) is 38.4 Å². The van der Waals surface area contributed by atoms with Gasteiger partial charge in [-0.25, -0.2) is 9.48 Å². The number of alkyl carbamates (subject to hydrolysis) is 1. The van der Waals surface area contributed by atoms with E-state index < -0.39 is 11.7 Å². The molecule has 0 bridgehead atoms. The predicted molar refractivity (Wildman–Crippen MR) is 166 cm³/mol. The molecule has 43 heavy (non-hydrogen) atoms. The summed E-state index contributed by atoms with van der Waals surface area (Å²) < 4.78 is 11.5. The standard InChI is InChI=1S/C17H26N2O3.C16H18N2O3/c1-13-7-5-8-14(11-13)12-15(20)18-9-6-10-19-16(21)22-17(2,3)4;1-3-21-16(20)10-13-5-4-6-14(9-13)11-18-15(19)8-7-12(2)17-18/h5,7-8,11H,6,9-10,12H2,1-4H3,(H,18,20)(H,19,21);4-9H,3,10-11H2,1-2H3. The number of esters is 1. The van der Waals surface area contributed by atoms with Crippen molar-refractivity contribution in [2.24, 2.45) is 0 Å². The van der Waals surface area contributed by atoms with Crippen LogP contribution in [0.2, 0.25) is 0 Å². The number of carbonyl (C=O) groups excluding carboxylic acids is 3. The fourth-order valence-electron chi connectivity index (χ4n) is 3.94. The lowest BCUT2D eigenvalue weighted by Gasteiger charge is -2.19. The number of ether oxygens (including phenoxy) is 2. The molecule has 0 saturated heterocycles. The van der Waals surface area contributed by atoms with Gasteiger partial charge in [-0.3, -0.25) is 14.4 Å². The normalized spacial score (nSPS) is 10.7. The molecule has 0 spiro atoms. The van der Waals surface area contributed by atoms with Gasteiger partial charge in [0.15, 0.2) is 0 Å². The van der Waals surface area contributed by atoms with E-state index >= 15 is 0 Å². The highest BCUT2D eigenvalue weighted by Crippen LogP contribution is 2.09. The fourth-order valence-corrected chi connectivity index (χ4v) is 3.94. The van der Waals surface area contributed by atoms with Gasteiger partial charge in [-0.05, 0) is 70.7 Å². The van der Waals surface area contributed by atoms with E-state index in [1.807, 2.05) is 83.1 Å². The SMILES string of the molecule is CCOC(=O)Cc1cccc(Cn2nc(C)ccc2=O)c1.Cc1cccc(CC(=O)NCCCNC(=O)OC(C)(C)C)c1. The van der Waals surface area contributed by atoms with E-state index in [2.05, 4.69) is 15.7 Å². The topological polar surface area (TPSA) is 129 Å². The quantitative estimate of drug-likeness (QED) is 0.251. The van der Waals surface area contributed by atoms with Crippen molar-refractivity contribution in [3.63, 3.8) is 0 Å². The second-order valence-corrected chi connectivity index (χ2v) is 11.1. The van der Waals surface area contributed by atoms with Crippen molar-refractivity contribution in [2.75, 3.05) is 19.7 Å². The van der Waals surface area contributed by atoms with Gasteiger partial charge < -0.3 is 20.1 Å². The second kappa shape index (κ2) is 17.5. The van der Waals surface area contributed by atoms with Gasteiger partial charge in [0.1, 0.15) is 5.60 Å². The van der Waals surface area contributed by atoms with Crippen LogP contribution in [0.15, 0.2) is 65.5 Å². The molecule has 0 aliphatic heterocycles. The number of hydrogen-bond acceptors (Lipinski definition) is 7. The Labute approximate surface area is 253 Å².